The first-order valence-corrected chi connectivity index (χ1v) is 4.24. The summed E-state index contributed by atoms with van der Waals surface area (Å²) in [6.07, 6.45) is 0. The quantitative estimate of drug-likeness (QED) is 0.438. The number of hydrogen-bond acceptors (Lipinski definition) is 4. The van der Waals surface area contributed by atoms with Gasteiger partial charge in [-0.2, -0.15) is 5.26 Å². The van der Waals surface area contributed by atoms with Gasteiger partial charge in [-0.3, -0.25) is 14.9 Å². The zero-order valence-corrected chi connectivity index (χ0v) is 8.41. The van der Waals surface area contributed by atoms with Crippen LogP contribution in [0.5, 0.6) is 0 Å². The smallest absolute Gasteiger partial charge is 0.288 e. The van der Waals surface area contributed by atoms with Crippen LogP contribution >= 0.6 is 11.6 Å². The zero-order valence-electron chi connectivity index (χ0n) is 7.65. The van der Waals surface area contributed by atoms with Gasteiger partial charge < -0.3 is 0 Å². The van der Waals surface area contributed by atoms with E-state index < -0.39 is 10.7 Å². The number of benzene rings is 1. The van der Waals surface area contributed by atoms with Crippen molar-refractivity contribution in [3.8, 4) is 6.07 Å². The monoisotopic (exact) mass is 224 g/mol. The molecule has 0 radical (unpaired) electrons. The molecule has 0 fully saturated rings. The molecule has 0 N–H and O–H groups in total. The molecule has 0 saturated heterocycles. The highest BCUT2D eigenvalue weighted by atomic mass is 35.5. The second-order valence-electron chi connectivity index (χ2n) is 2.77. The van der Waals surface area contributed by atoms with Gasteiger partial charge in [-0.05, 0) is 13.0 Å². The maximum Gasteiger partial charge on any atom is 0.288 e. The average molecular weight is 225 g/mol. The molecule has 0 amide bonds. The van der Waals surface area contributed by atoms with Gasteiger partial charge in [0, 0.05) is 11.6 Å². The van der Waals surface area contributed by atoms with Crippen LogP contribution in [0.2, 0.25) is 5.02 Å². The lowest BCUT2D eigenvalue weighted by Crippen LogP contribution is -1.99. The molecule has 0 unspecified atom stereocenters. The van der Waals surface area contributed by atoms with Gasteiger partial charge >= 0.3 is 0 Å². The third-order valence-electron chi connectivity index (χ3n) is 1.78. The summed E-state index contributed by atoms with van der Waals surface area (Å²) in [7, 11) is 0. The molecule has 0 saturated carbocycles. The Bertz CT molecular complexity index is 491. The lowest BCUT2D eigenvalue weighted by Gasteiger charge is -2.01. The number of halogens is 1. The minimum atomic E-state index is -0.698. The molecular weight excluding hydrogens is 220 g/mol. The van der Waals surface area contributed by atoms with E-state index in [9.17, 15) is 14.9 Å². The number of hydrogen-bond donors (Lipinski definition) is 0. The van der Waals surface area contributed by atoms with E-state index in [-0.39, 0.29) is 21.8 Å². The first-order valence-electron chi connectivity index (χ1n) is 3.86. The first kappa shape index (κ1) is 11.1. The van der Waals surface area contributed by atoms with E-state index in [4.69, 9.17) is 16.9 Å². The number of carbonyl (C=O) groups is 1. The Morgan fingerprint density at radius 2 is 2.20 bits per heavy atom. The number of carbonyl (C=O) groups excluding carboxylic acids is 1. The molecule has 0 spiro atoms. The lowest BCUT2D eigenvalue weighted by atomic mass is 10.0. The molecule has 0 heterocycles. The van der Waals surface area contributed by atoms with Gasteiger partial charge in [0.2, 0.25) is 0 Å². The van der Waals surface area contributed by atoms with Crippen molar-refractivity contribution < 1.29 is 9.72 Å². The van der Waals surface area contributed by atoms with Crippen molar-refractivity contribution in [2.75, 3.05) is 0 Å². The summed E-state index contributed by atoms with van der Waals surface area (Å²) in [6, 6.07) is 3.89. The third kappa shape index (κ3) is 2.11. The Morgan fingerprint density at radius 1 is 1.60 bits per heavy atom. The summed E-state index contributed by atoms with van der Waals surface area (Å²) >= 11 is 5.58. The summed E-state index contributed by atoms with van der Waals surface area (Å²) < 4.78 is 0. The number of ketones is 1. The molecule has 15 heavy (non-hydrogen) atoms. The van der Waals surface area contributed by atoms with E-state index in [1.54, 1.807) is 6.07 Å². The van der Waals surface area contributed by atoms with E-state index in [0.29, 0.717) is 0 Å². The summed E-state index contributed by atoms with van der Waals surface area (Å²) in [5, 5.41) is 19.1. The van der Waals surface area contributed by atoms with Crippen LogP contribution in [0, 0.1) is 21.4 Å². The van der Waals surface area contributed by atoms with Gasteiger partial charge in [-0.1, -0.05) is 11.6 Å². The highest BCUT2D eigenvalue weighted by molar-refractivity contribution is 6.33. The number of Topliss-reactive ketones (excluding diaryl/α,β-unsaturated/α-hetero) is 1. The van der Waals surface area contributed by atoms with Crippen LogP contribution in [0.4, 0.5) is 5.69 Å². The van der Waals surface area contributed by atoms with Crippen molar-refractivity contribution in [3.63, 3.8) is 0 Å². The first-order chi connectivity index (χ1) is 6.97. The molecule has 0 aromatic heterocycles. The van der Waals surface area contributed by atoms with Crippen molar-refractivity contribution in [1.82, 2.24) is 0 Å². The van der Waals surface area contributed by atoms with E-state index in [0.717, 1.165) is 12.1 Å². The summed E-state index contributed by atoms with van der Waals surface area (Å²) in [5.41, 5.74) is -0.326. The maximum atomic E-state index is 11.1. The Balaban J connectivity index is 3.52. The maximum absolute atomic E-state index is 11.1. The van der Waals surface area contributed by atoms with Crippen molar-refractivity contribution in [3.05, 3.63) is 38.4 Å². The van der Waals surface area contributed by atoms with Crippen molar-refractivity contribution in [2.45, 2.75) is 6.92 Å². The van der Waals surface area contributed by atoms with E-state index in [2.05, 4.69) is 0 Å². The largest absolute Gasteiger partial charge is 0.294 e. The van der Waals surface area contributed by atoms with Crippen LogP contribution in [0.3, 0.4) is 0 Å². The van der Waals surface area contributed by atoms with Crippen molar-refractivity contribution >= 4 is 23.1 Å². The Hall–Kier alpha value is -1.93. The van der Waals surface area contributed by atoms with Gasteiger partial charge in [0.15, 0.2) is 5.78 Å². The molecule has 0 aliphatic rings. The van der Waals surface area contributed by atoms with E-state index in [1.807, 2.05) is 0 Å². The van der Waals surface area contributed by atoms with Crippen LogP contribution < -0.4 is 0 Å². The van der Waals surface area contributed by atoms with Crippen molar-refractivity contribution in [1.29, 1.82) is 5.26 Å². The molecule has 5 nitrogen and oxygen atoms in total. The number of rotatable bonds is 2. The molecule has 1 rings (SSSR count). The number of nitro benzene ring substituents is 1. The predicted octanol–water partition coefficient (Wildman–Crippen LogP) is 2.32. The normalized spacial score (nSPS) is 9.40. The number of nitriles is 1. The van der Waals surface area contributed by atoms with Crippen LogP contribution in [0.25, 0.3) is 0 Å². The van der Waals surface area contributed by atoms with Gasteiger partial charge in [-0.15, -0.1) is 0 Å². The highest BCUT2D eigenvalue weighted by Gasteiger charge is 2.18. The lowest BCUT2D eigenvalue weighted by molar-refractivity contribution is -0.384. The van der Waals surface area contributed by atoms with Crippen LogP contribution in [-0.2, 0) is 0 Å². The second kappa shape index (κ2) is 4.07. The minimum absolute atomic E-state index is 0.00796. The third-order valence-corrected chi connectivity index (χ3v) is 2.09. The fourth-order valence-electron chi connectivity index (χ4n) is 1.09. The topological polar surface area (TPSA) is 84.0 Å². The van der Waals surface area contributed by atoms with Crippen LogP contribution in [0.1, 0.15) is 22.8 Å². The van der Waals surface area contributed by atoms with E-state index >= 15 is 0 Å². The minimum Gasteiger partial charge on any atom is -0.294 e. The van der Waals surface area contributed by atoms with Crippen LogP contribution in [0.15, 0.2) is 12.1 Å². The summed E-state index contributed by atoms with van der Waals surface area (Å²) in [5.74, 6) is -0.411. The fraction of sp³-hybridized carbons (Fsp3) is 0.111. The standard InChI is InChI=1S/C9H5ClN2O3/c1-5(13)7-3-9(12(14)15)8(10)2-6(7)4-11/h2-3H,1H3. The zero-order chi connectivity index (χ0) is 11.6. The second-order valence-corrected chi connectivity index (χ2v) is 3.18. The number of nitro groups is 1. The van der Waals surface area contributed by atoms with Crippen LogP contribution in [-0.4, -0.2) is 10.7 Å². The molecule has 0 aliphatic carbocycles. The molecule has 6 heteroatoms. The Morgan fingerprint density at radius 3 is 2.60 bits per heavy atom. The van der Waals surface area contributed by atoms with Gasteiger partial charge in [-0.25, -0.2) is 0 Å². The molecule has 0 atom stereocenters. The molecular formula is C9H5ClN2O3. The van der Waals surface area contributed by atoms with Gasteiger partial charge in [0.25, 0.3) is 5.69 Å². The molecule has 1 aromatic carbocycles. The van der Waals surface area contributed by atoms with Gasteiger partial charge in [0.05, 0.1) is 16.6 Å². The van der Waals surface area contributed by atoms with Crippen molar-refractivity contribution in [2.24, 2.45) is 0 Å². The highest BCUT2D eigenvalue weighted by Crippen LogP contribution is 2.27. The molecule has 0 aliphatic heterocycles. The number of nitrogens with zero attached hydrogens (tertiary/aromatic N) is 2. The SMILES string of the molecule is CC(=O)c1cc([N+](=O)[O-])c(Cl)cc1C#N. The molecule has 1 aromatic rings. The molecule has 0 bridgehead atoms. The molecule has 76 valence electrons. The van der Waals surface area contributed by atoms with Gasteiger partial charge in [0.1, 0.15) is 5.02 Å². The summed E-state index contributed by atoms with van der Waals surface area (Å²) in [4.78, 5) is 20.9. The van der Waals surface area contributed by atoms with E-state index in [1.165, 1.54) is 6.92 Å². The average Bonchev–Trinajstić information content (AvgIpc) is 2.16. The summed E-state index contributed by atoms with van der Waals surface area (Å²) in [6.45, 7) is 1.23. The Kier molecular flexibility index (Phi) is 3.02. The predicted molar refractivity (Wildman–Crippen MR) is 52.8 cm³/mol. The Labute approximate surface area is 90.0 Å². The fourth-order valence-corrected chi connectivity index (χ4v) is 1.32.